The number of carbonyl (C=O) groups excluding carboxylic acids is 2. The van der Waals surface area contributed by atoms with E-state index in [1.807, 2.05) is 0 Å². The van der Waals surface area contributed by atoms with Crippen molar-refractivity contribution in [1.29, 1.82) is 0 Å². The van der Waals surface area contributed by atoms with Crippen molar-refractivity contribution in [3.8, 4) is 0 Å². The fourth-order valence-corrected chi connectivity index (χ4v) is 11.3. The van der Waals surface area contributed by atoms with E-state index in [0.717, 1.165) is 167 Å². The lowest BCUT2D eigenvalue weighted by molar-refractivity contribution is -0.161. The predicted molar refractivity (Wildman–Crippen MR) is 440 cm³/mol. The van der Waals surface area contributed by atoms with Crippen LogP contribution in [0.5, 0.6) is 0 Å². The second kappa shape index (κ2) is 83.3. The molecule has 0 bridgehead atoms. The number of hydrogen-bond acceptors (Lipinski definition) is 8. The second-order valence-electron chi connectivity index (χ2n) is 25.8. The quantitative estimate of drug-likeness (QED) is 0.0264. The van der Waals surface area contributed by atoms with E-state index in [-0.39, 0.29) is 38.6 Å². The lowest BCUT2D eigenvalue weighted by atomic mass is 10.0. The lowest BCUT2D eigenvalue weighted by Gasteiger charge is -2.19. The third-order valence-corrected chi connectivity index (χ3v) is 17.3. The Morgan fingerprint density at radius 3 is 0.762 bits per heavy atom. The summed E-state index contributed by atoms with van der Waals surface area (Å²) in [5, 5.41) is 0. The van der Waals surface area contributed by atoms with E-state index in [1.165, 1.54) is 109 Å². The lowest BCUT2D eigenvalue weighted by Crippen LogP contribution is -2.29. The van der Waals surface area contributed by atoms with Gasteiger partial charge in [-0.1, -0.05) is 361 Å². The van der Waals surface area contributed by atoms with Gasteiger partial charge in [-0.25, -0.2) is 4.57 Å². The van der Waals surface area contributed by atoms with E-state index in [1.54, 1.807) is 0 Å². The minimum atomic E-state index is -4.41. The molecule has 0 saturated heterocycles. The van der Waals surface area contributed by atoms with Gasteiger partial charge in [-0.3, -0.25) is 18.6 Å². The molecule has 2 unspecified atom stereocenters. The highest BCUT2D eigenvalue weighted by molar-refractivity contribution is 7.47. The van der Waals surface area contributed by atoms with E-state index in [0.29, 0.717) is 6.42 Å². The van der Waals surface area contributed by atoms with Crippen LogP contribution in [-0.2, 0) is 32.7 Å². The summed E-state index contributed by atoms with van der Waals surface area (Å²) in [6.45, 7) is 3.51. The molecule has 2 atom stereocenters. The number of esters is 2. The predicted octanol–water partition coefficient (Wildman–Crippen LogP) is 27.5. The minimum absolute atomic E-state index is 0.0439. The van der Waals surface area contributed by atoms with Gasteiger partial charge in [-0.15, -0.1) is 0 Å². The summed E-state index contributed by atoms with van der Waals surface area (Å²) in [5.41, 5.74) is 5.41. The van der Waals surface area contributed by atoms with E-state index in [9.17, 15) is 19.0 Å². The molecular formula is C91H146NO8P. The van der Waals surface area contributed by atoms with Gasteiger partial charge < -0.3 is 20.1 Å². The van der Waals surface area contributed by atoms with Gasteiger partial charge in [-0.05, 0) is 154 Å². The van der Waals surface area contributed by atoms with Crippen molar-refractivity contribution in [3.05, 3.63) is 219 Å². The van der Waals surface area contributed by atoms with E-state index < -0.39 is 26.5 Å². The molecule has 0 rings (SSSR count). The summed E-state index contributed by atoms with van der Waals surface area (Å²) in [6.07, 6.45) is 129. The minimum Gasteiger partial charge on any atom is -0.462 e. The van der Waals surface area contributed by atoms with Crippen LogP contribution in [0, 0.1) is 0 Å². The number of phosphoric acid groups is 1. The molecule has 0 radical (unpaired) electrons. The third-order valence-electron chi connectivity index (χ3n) is 16.4. The van der Waals surface area contributed by atoms with Crippen molar-refractivity contribution in [3.63, 3.8) is 0 Å². The fraction of sp³-hybridized carbons (Fsp3) is 0.582. The summed E-state index contributed by atoms with van der Waals surface area (Å²) in [4.78, 5) is 35.5. The Kier molecular flexibility index (Phi) is 78.6. The molecule has 0 fully saturated rings. The number of carbonyl (C=O) groups is 2. The standard InChI is InChI=1S/C91H146NO8P/c1-3-5-7-9-11-13-15-17-19-21-23-25-27-29-31-33-35-37-39-41-43-44-46-48-50-52-54-56-58-60-62-64-66-68-70-72-74-76-78-80-82-84-91(94)100-89(88-99-101(95,96)98-86-85-92)87-97-90(93)83-81-79-77-75-73-71-69-67-65-63-61-59-57-55-53-51-49-47-45-42-40-38-36-34-32-30-28-26-24-22-20-18-16-14-12-10-8-6-4-2/h5-8,11-14,17-20,23-26,29-32,35-38,41-43,45-46,48-49,51-52,54-55,57,89H,3-4,9-10,15-16,21-22,27-28,33-34,39-40,44,47,50,53,56,58-88,92H2,1-2H3,(H,95,96)/b7-5-,8-6-,13-11-,14-12-,19-17-,20-18-,25-23-,26-24-,31-29-,32-30-,37-35-,38-36-,43-41-,45-42-,48-46-,51-49-,54-52-,57-55-. The number of phosphoric ester groups is 1. The number of rotatable bonds is 73. The van der Waals surface area contributed by atoms with Crippen molar-refractivity contribution in [2.45, 2.75) is 315 Å². The summed E-state index contributed by atoms with van der Waals surface area (Å²) < 4.78 is 33.3. The zero-order chi connectivity index (χ0) is 72.9. The first kappa shape index (κ1) is 95.3. The van der Waals surface area contributed by atoms with Crippen molar-refractivity contribution in [2.24, 2.45) is 5.73 Å². The largest absolute Gasteiger partial charge is 0.472 e. The molecule has 0 amide bonds. The first-order chi connectivity index (χ1) is 49.8. The van der Waals surface area contributed by atoms with Crippen LogP contribution in [0.4, 0.5) is 0 Å². The Labute approximate surface area is 620 Å². The van der Waals surface area contributed by atoms with Gasteiger partial charge in [0.25, 0.3) is 0 Å². The van der Waals surface area contributed by atoms with Gasteiger partial charge in [0.2, 0.25) is 0 Å². The molecule has 0 saturated carbocycles. The molecule has 568 valence electrons. The second-order valence-corrected chi connectivity index (χ2v) is 27.3. The van der Waals surface area contributed by atoms with Gasteiger partial charge in [0.1, 0.15) is 6.61 Å². The Morgan fingerprint density at radius 2 is 0.515 bits per heavy atom. The molecule has 9 nitrogen and oxygen atoms in total. The Morgan fingerprint density at radius 1 is 0.297 bits per heavy atom. The Hall–Kier alpha value is -5.67. The van der Waals surface area contributed by atoms with Crippen LogP contribution < -0.4 is 5.73 Å². The number of nitrogens with two attached hydrogens (primary N) is 1. The van der Waals surface area contributed by atoms with Crippen molar-refractivity contribution in [1.82, 2.24) is 0 Å². The smallest absolute Gasteiger partial charge is 0.462 e. The van der Waals surface area contributed by atoms with Gasteiger partial charge >= 0.3 is 19.8 Å². The maximum absolute atomic E-state index is 12.8. The molecule has 0 aliphatic rings. The molecule has 0 aliphatic carbocycles. The number of unbranched alkanes of at least 4 members (excludes halogenated alkanes) is 24. The highest BCUT2D eigenvalue weighted by Crippen LogP contribution is 2.43. The first-order valence-corrected chi connectivity index (χ1v) is 41.7. The maximum Gasteiger partial charge on any atom is 0.472 e. The molecule has 0 heterocycles. The topological polar surface area (TPSA) is 134 Å². The summed E-state index contributed by atoms with van der Waals surface area (Å²) in [6, 6.07) is 0. The highest BCUT2D eigenvalue weighted by atomic mass is 31.2. The Balaban J connectivity index is 3.92. The van der Waals surface area contributed by atoms with Crippen LogP contribution in [0.1, 0.15) is 309 Å². The average molecular weight is 1410 g/mol. The maximum atomic E-state index is 12.8. The van der Waals surface area contributed by atoms with Crippen molar-refractivity contribution in [2.75, 3.05) is 26.4 Å². The molecule has 0 aromatic carbocycles. The molecular weight excluding hydrogens is 1270 g/mol. The van der Waals surface area contributed by atoms with E-state index >= 15 is 0 Å². The number of hydrogen-bond donors (Lipinski definition) is 2. The first-order valence-electron chi connectivity index (χ1n) is 40.2. The molecule has 0 aliphatic heterocycles. The van der Waals surface area contributed by atoms with Gasteiger partial charge in [0, 0.05) is 19.4 Å². The molecule has 0 spiro atoms. The monoisotopic (exact) mass is 1410 g/mol. The van der Waals surface area contributed by atoms with Crippen LogP contribution in [-0.4, -0.2) is 49.3 Å². The third kappa shape index (κ3) is 83.2. The normalized spacial score (nSPS) is 14.1. The molecule has 0 aromatic heterocycles. The summed E-state index contributed by atoms with van der Waals surface area (Å²) in [7, 11) is -4.41. The van der Waals surface area contributed by atoms with Crippen LogP contribution in [0.3, 0.4) is 0 Å². The van der Waals surface area contributed by atoms with Crippen LogP contribution >= 0.6 is 7.82 Å². The number of allylic oxidation sites excluding steroid dienone is 36. The summed E-state index contributed by atoms with van der Waals surface area (Å²) in [5.74, 6) is -0.839. The van der Waals surface area contributed by atoms with E-state index in [4.69, 9.17) is 24.3 Å². The van der Waals surface area contributed by atoms with Crippen LogP contribution in [0.2, 0.25) is 0 Å². The molecule has 3 N–H and O–H groups in total. The average Bonchev–Trinajstić information content (AvgIpc) is 1.04. The van der Waals surface area contributed by atoms with E-state index in [2.05, 4.69) is 233 Å². The zero-order valence-electron chi connectivity index (χ0n) is 64.0. The van der Waals surface area contributed by atoms with Crippen LogP contribution in [0.25, 0.3) is 0 Å². The van der Waals surface area contributed by atoms with Gasteiger partial charge in [0.05, 0.1) is 13.2 Å². The molecule has 0 aromatic rings. The van der Waals surface area contributed by atoms with Crippen molar-refractivity contribution >= 4 is 19.8 Å². The molecule has 10 heteroatoms. The SMILES string of the molecule is CC/C=C\C/C=C\C/C=C\C/C=C\C/C=C\C/C=C\C/C=C\C/C=C\C/C=C\CCCCCCCCCCCCCCCC(=O)OC(COC(=O)CCCCCCCCCCCCC/C=C\C/C=C\C/C=C\C/C=C\C/C=C\C/C=C\C/C=C\C/C=C\C/C=C\CC)COP(=O)(O)OCCN. The number of ether oxygens (including phenoxy) is 2. The van der Waals surface area contributed by atoms with Gasteiger partial charge in [0.15, 0.2) is 6.10 Å². The zero-order valence-corrected chi connectivity index (χ0v) is 64.9. The fourth-order valence-electron chi connectivity index (χ4n) is 10.5. The summed E-state index contributed by atoms with van der Waals surface area (Å²) >= 11 is 0. The Bertz CT molecular complexity index is 2470. The van der Waals surface area contributed by atoms with Crippen LogP contribution in [0.15, 0.2) is 219 Å². The van der Waals surface area contributed by atoms with Gasteiger partial charge in [-0.2, -0.15) is 0 Å². The highest BCUT2D eigenvalue weighted by Gasteiger charge is 2.26. The molecule has 101 heavy (non-hydrogen) atoms. The van der Waals surface area contributed by atoms with Crippen molar-refractivity contribution < 1.29 is 37.6 Å².